The Morgan fingerprint density at radius 3 is 2.36 bits per heavy atom. The fourth-order valence-electron chi connectivity index (χ4n) is 2.71. The molecule has 2 rings (SSSR count). The van der Waals surface area contributed by atoms with Crippen molar-refractivity contribution in [1.82, 2.24) is 0 Å². The highest BCUT2D eigenvalue weighted by atomic mass is 32.2. The molecule has 1 aromatic heterocycles. The Bertz CT molecular complexity index is 810. The van der Waals surface area contributed by atoms with E-state index in [-0.39, 0.29) is 39.3 Å². The molecule has 1 aromatic rings. The van der Waals surface area contributed by atoms with Gasteiger partial charge in [-0.1, -0.05) is 0 Å². The highest BCUT2D eigenvalue weighted by Crippen LogP contribution is 2.34. The number of hydrogen-bond donors (Lipinski definition) is 1. The Labute approximate surface area is 149 Å². The SMILES string of the molecule is COC(=O)c1sc(NC(=O)CC2CCS(=O)(=O)C2)c(C(=O)OC)c1C. The van der Waals surface area contributed by atoms with Gasteiger partial charge in [0, 0.05) is 6.42 Å². The maximum absolute atomic E-state index is 12.2. The van der Waals surface area contributed by atoms with Crippen LogP contribution in [0.25, 0.3) is 0 Å². The minimum Gasteiger partial charge on any atom is -0.465 e. The molecule has 1 aliphatic heterocycles. The van der Waals surface area contributed by atoms with Crippen molar-refractivity contribution >= 4 is 44.0 Å². The van der Waals surface area contributed by atoms with E-state index in [1.807, 2.05) is 0 Å². The number of ether oxygens (including phenoxy) is 2. The summed E-state index contributed by atoms with van der Waals surface area (Å²) in [5.41, 5.74) is 0.461. The standard InChI is InChI=1S/C15H19NO7S2/c1-8-11(14(18)22-2)13(24-12(8)15(19)23-3)16-10(17)6-9-4-5-25(20,21)7-9/h9H,4-7H2,1-3H3,(H,16,17). The van der Waals surface area contributed by atoms with Crippen LogP contribution in [0.4, 0.5) is 5.00 Å². The van der Waals surface area contributed by atoms with Crippen molar-refractivity contribution < 1.29 is 32.3 Å². The highest BCUT2D eigenvalue weighted by Gasteiger charge is 2.31. The number of nitrogens with one attached hydrogen (secondary N) is 1. The quantitative estimate of drug-likeness (QED) is 0.757. The van der Waals surface area contributed by atoms with Crippen molar-refractivity contribution in [3.8, 4) is 0 Å². The zero-order valence-electron chi connectivity index (χ0n) is 14.1. The van der Waals surface area contributed by atoms with Crippen LogP contribution in [0.5, 0.6) is 0 Å². The highest BCUT2D eigenvalue weighted by molar-refractivity contribution is 7.91. The molecule has 1 amide bonds. The van der Waals surface area contributed by atoms with Gasteiger partial charge in [0.25, 0.3) is 0 Å². The zero-order chi connectivity index (χ0) is 18.8. The summed E-state index contributed by atoms with van der Waals surface area (Å²) >= 11 is 0.923. The van der Waals surface area contributed by atoms with Crippen LogP contribution in [0, 0.1) is 12.8 Å². The Balaban J connectivity index is 2.21. The number of anilines is 1. The van der Waals surface area contributed by atoms with Crippen LogP contribution in [0.15, 0.2) is 0 Å². The average molecular weight is 389 g/mol. The number of methoxy groups -OCH3 is 2. The smallest absolute Gasteiger partial charge is 0.348 e. The van der Waals surface area contributed by atoms with E-state index in [1.165, 1.54) is 14.2 Å². The van der Waals surface area contributed by atoms with Crippen LogP contribution >= 0.6 is 11.3 Å². The van der Waals surface area contributed by atoms with Gasteiger partial charge in [-0.2, -0.15) is 0 Å². The van der Waals surface area contributed by atoms with Gasteiger partial charge in [-0.25, -0.2) is 18.0 Å². The minimum absolute atomic E-state index is 0.0127. The summed E-state index contributed by atoms with van der Waals surface area (Å²) in [7, 11) is -0.648. The van der Waals surface area contributed by atoms with Gasteiger partial charge in [0.15, 0.2) is 9.84 Å². The molecule has 0 saturated carbocycles. The van der Waals surface area contributed by atoms with Crippen LogP contribution < -0.4 is 5.32 Å². The molecule has 0 bridgehead atoms. The van der Waals surface area contributed by atoms with Gasteiger partial charge >= 0.3 is 11.9 Å². The van der Waals surface area contributed by atoms with Crippen molar-refractivity contribution in [2.45, 2.75) is 19.8 Å². The van der Waals surface area contributed by atoms with E-state index in [4.69, 9.17) is 4.74 Å². The first-order chi connectivity index (χ1) is 11.7. The van der Waals surface area contributed by atoms with Crippen molar-refractivity contribution in [2.75, 3.05) is 31.0 Å². The fourth-order valence-corrected chi connectivity index (χ4v) is 5.70. The van der Waals surface area contributed by atoms with Crippen molar-refractivity contribution in [2.24, 2.45) is 5.92 Å². The first-order valence-electron chi connectivity index (χ1n) is 7.48. The van der Waals surface area contributed by atoms with Crippen molar-refractivity contribution in [1.29, 1.82) is 0 Å². The maximum atomic E-state index is 12.2. The molecule has 0 radical (unpaired) electrons. The second-order valence-electron chi connectivity index (χ2n) is 5.76. The largest absolute Gasteiger partial charge is 0.465 e. The Kier molecular flexibility index (Phi) is 5.83. The number of thiophene rings is 1. The molecular formula is C15H19NO7S2. The molecule has 2 heterocycles. The first kappa shape index (κ1) is 19.4. The van der Waals surface area contributed by atoms with Gasteiger partial charge in [0.05, 0.1) is 31.3 Å². The Morgan fingerprint density at radius 1 is 1.20 bits per heavy atom. The van der Waals surface area contributed by atoms with Crippen LogP contribution in [0.1, 0.15) is 38.4 Å². The molecule has 1 aliphatic rings. The van der Waals surface area contributed by atoms with E-state index >= 15 is 0 Å². The molecule has 1 saturated heterocycles. The van der Waals surface area contributed by atoms with Gasteiger partial charge < -0.3 is 14.8 Å². The molecule has 1 unspecified atom stereocenters. The van der Waals surface area contributed by atoms with Crippen LogP contribution in [0.3, 0.4) is 0 Å². The van der Waals surface area contributed by atoms with Gasteiger partial charge in [0.1, 0.15) is 9.88 Å². The van der Waals surface area contributed by atoms with Crippen molar-refractivity contribution in [3.63, 3.8) is 0 Å². The van der Waals surface area contributed by atoms with Crippen LogP contribution in [-0.4, -0.2) is 52.0 Å². The molecule has 1 atom stereocenters. The topological polar surface area (TPSA) is 116 Å². The summed E-state index contributed by atoms with van der Waals surface area (Å²) in [6.45, 7) is 1.56. The Morgan fingerprint density at radius 2 is 1.84 bits per heavy atom. The van der Waals surface area contributed by atoms with Crippen LogP contribution in [0.2, 0.25) is 0 Å². The lowest BCUT2D eigenvalue weighted by Crippen LogP contribution is -2.18. The third-order valence-electron chi connectivity index (χ3n) is 3.96. The molecule has 8 nitrogen and oxygen atoms in total. The number of hydrogen-bond acceptors (Lipinski definition) is 8. The predicted molar refractivity (Wildman–Crippen MR) is 91.7 cm³/mol. The lowest BCUT2D eigenvalue weighted by molar-refractivity contribution is -0.116. The second-order valence-corrected chi connectivity index (χ2v) is 9.01. The summed E-state index contributed by atoms with van der Waals surface area (Å²) < 4.78 is 32.3. The molecule has 1 N–H and O–H groups in total. The van der Waals surface area contributed by atoms with E-state index in [2.05, 4.69) is 10.1 Å². The third-order valence-corrected chi connectivity index (χ3v) is 6.99. The van der Waals surface area contributed by atoms with E-state index in [9.17, 15) is 22.8 Å². The number of rotatable bonds is 5. The molecule has 0 aliphatic carbocycles. The second kappa shape index (κ2) is 7.52. The number of carbonyl (C=O) groups is 3. The summed E-state index contributed by atoms with van der Waals surface area (Å²) in [6.07, 6.45) is 0.473. The lowest BCUT2D eigenvalue weighted by atomic mass is 10.1. The zero-order valence-corrected chi connectivity index (χ0v) is 15.7. The monoisotopic (exact) mass is 389 g/mol. The van der Waals surface area contributed by atoms with Gasteiger partial charge in [-0.05, 0) is 24.8 Å². The predicted octanol–water partition coefficient (Wildman–Crippen LogP) is 1.39. The molecular weight excluding hydrogens is 370 g/mol. The number of carbonyl (C=O) groups excluding carboxylic acids is 3. The average Bonchev–Trinajstić information content (AvgIpc) is 3.05. The molecule has 0 spiro atoms. The van der Waals surface area contributed by atoms with Crippen LogP contribution in [-0.2, 0) is 24.1 Å². The number of sulfone groups is 1. The molecule has 25 heavy (non-hydrogen) atoms. The van der Waals surface area contributed by atoms with E-state index in [0.29, 0.717) is 12.0 Å². The summed E-state index contributed by atoms with van der Waals surface area (Å²) in [6, 6.07) is 0. The minimum atomic E-state index is -3.07. The summed E-state index contributed by atoms with van der Waals surface area (Å²) in [5.74, 6) is -1.88. The third kappa shape index (κ3) is 4.37. The number of amides is 1. The fraction of sp³-hybridized carbons (Fsp3) is 0.533. The van der Waals surface area contributed by atoms with E-state index < -0.39 is 27.7 Å². The van der Waals surface area contributed by atoms with Gasteiger partial charge in [-0.3, -0.25) is 4.79 Å². The van der Waals surface area contributed by atoms with E-state index in [0.717, 1.165) is 11.3 Å². The van der Waals surface area contributed by atoms with Gasteiger partial charge in [0.2, 0.25) is 5.91 Å². The van der Waals surface area contributed by atoms with Gasteiger partial charge in [-0.15, -0.1) is 11.3 Å². The van der Waals surface area contributed by atoms with Crippen molar-refractivity contribution in [3.05, 3.63) is 16.0 Å². The molecule has 10 heteroatoms. The summed E-state index contributed by atoms with van der Waals surface area (Å²) in [4.78, 5) is 36.2. The van der Waals surface area contributed by atoms with E-state index in [1.54, 1.807) is 6.92 Å². The maximum Gasteiger partial charge on any atom is 0.348 e. The normalized spacial score (nSPS) is 18.6. The molecule has 0 aromatic carbocycles. The Hall–Kier alpha value is -1.94. The molecule has 1 fully saturated rings. The first-order valence-corrected chi connectivity index (χ1v) is 10.1. The summed E-state index contributed by atoms with van der Waals surface area (Å²) in [5, 5.41) is 2.79. The lowest BCUT2D eigenvalue weighted by Gasteiger charge is -2.09. The molecule has 138 valence electrons. The number of esters is 2.